The zero-order chi connectivity index (χ0) is 15.6. The van der Waals surface area contributed by atoms with Crippen LogP contribution in [-0.2, 0) is 0 Å². The number of nitro groups is 1. The number of amides is 1. The van der Waals surface area contributed by atoms with Gasteiger partial charge in [0, 0.05) is 19.7 Å². The van der Waals surface area contributed by atoms with Gasteiger partial charge in [0.05, 0.1) is 16.6 Å². The first-order chi connectivity index (χ1) is 9.93. The molecular weight excluding hydrogens is 286 g/mol. The molecular formula is C13H14F2N2O4. The molecule has 2 rings (SSSR count). The van der Waals surface area contributed by atoms with E-state index in [-0.39, 0.29) is 12.5 Å². The van der Waals surface area contributed by atoms with E-state index in [1.54, 1.807) is 0 Å². The summed E-state index contributed by atoms with van der Waals surface area (Å²) in [5.41, 5.74) is -1.68. The number of rotatable bonds is 4. The Morgan fingerprint density at radius 3 is 2.81 bits per heavy atom. The number of nitrogens with zero attached hydrogens (tertiary/aromatic N) is 2. The summed E-state index contributed by atoms with van der Waals surface area (Å²) >= 11 is 0. The Bertz CT molecular complexity index is 580. The molecule has 1 atom stereocenters. The molecule has 0 aliphatic carbocycles. The third-order valence-corrected chi connectivity index (χ3v) is 3.56. The quantitative estimate of drug-likeness (QED) is 0.678. The van der Waals surface area contributed by atoms with Crippen molar-refractivity contribution in [3.05, 3.63) is 39.4 Å². The number of nitro benzene ring substituents is 1. The SMILES string of the molecule is O=C(c1cc(F)cc([N+](=O)[O-])c1F)N1CCC(CCO)C1. The number of aliphatic hydroxyl groups is 1. The third kappa shape index (κ3) is 3.15. The van der Waals surface area contributed by atoms with Gasteiger partial charge in [0.25, 0.3) is 5.91 Å². The molecule has 0 spiro atoms. The number of halogens is 2. The first-order valence-electron chi connectivity index (χ1n) is 6.47. The molecule has 1 fully saturated rings. The van der Waals surface area contributed by atoms with Crippen LogP contribution >= 0.6 is 0 Å². The highest BCUT2D eigenvalue weighted by Crippen LogP contribution is 2.26. The maximum atomic E-state index is 14.0. The van der Waals surface area contributed by atoms with Crippen molar-refractivity contribution in [1.82, 2.24) is 4.90 Å². The zero-order valence-electron chi connectivity index (χ0n) is 11.1. The normalized spacial score (nSPS) is 18.0. The molecule has 1 aromatic carbocycles. The number of hydrogen-bond donors (Lipinski definition) is 1. The van der Waals surface area contributed by atoms with E-state index in [4.69, 9.17) is 5.11 Å². The molecule has 1 aromatic rings. The average molecular weight is 300 g/mol. The van der Waals surface area contributed by atoms with Gasteiger partial charge >= 0.3 is 5.69 Å². The predicted molar refractivity (Wildman–Crippen MR) is 68.7 cm³/mol. The highest BCUT2D eigenvalue weighted by atomic mass is 19.1. The van der Waals surface area contributed by atoms with E-state index in [2.05, 4.69) is 0 Å². The number of carbonyl (C=O) groups is 1. The van der Waals surface area contributed by atoms with Crippen molar-refractivity contribution in [2.24, 2.45) is 5.92 Å². The van der Waals surface area contributed by atoms with E-state index in [1.165, 1.54) is 4.90 Å². The topological polar surface area (TPSA) is 83.7 Å². The van der Waals surface area contributed by atoms with Gasteiger partial charge in [-0.15, -0.1) is 0 Å². The van der Waals surface area contributed by atoms with Crippen LogP contribution in [0.3, 0.4) is 0 Å². The average Bonchev–Trinajstić information content (AvgIpc) is 2.89. The van der Waals surface area contributed by atoms with E-state index in [0.29, 0.717) is 38.1 Å². The van der Waals surface area contributed by atoms with E-state index in [1.807, 2.05) is 0 Å². The largest absolute Gasteiger partial charge is 0.396 e. The summed E-state index contributed by atoms with van der Waals surface area (Å²) in [6.45, 7) is 0.670. The van der Waals surface area contributed by atoms with Gasteiger partial charge in [-0.1, -0.05) is 0 Å². The van der Waals surface area contributed by atoms with Crippen molar-refractivity contribution in [1.29, 1.82) is 0 Å². The monoisotopic (exact) mass is 300 g/mol. The Labute approximate surface area is 119 Å². The van der Waals surface area contributed by atoms with Gasteiger partial charge in [0.15, 0.2) is 0 Å². The summed E-state index contributed by atoms with van der Waals surface area (Å²) in [5, 5.41) is 19.5. The lowest BCUT2D eigenvalue weighted by Gasteiger charge is -2.16. The summed E-state index contributed by atoms with van der Waals surface area (Å²) in [7, 11) is 0. The summed E-state index contributed by atoms with van der Waals surface area (Å²) < 4.78 is 27.3. The maximum absolute atomic E-state index is 14.0. The van der Waals surface area contributed by atoms with E-state index >= 15 is 0 Å². The van der Waals surface area contributed by atoms with Gasteiger partial charge in [-0.05, 0) is 24.8 Å². The number of aliphatic hydroxyl groups excluding tert-OH is 1. The standard InChI is InChI=1S/C13H14F2N2O4/c14-9-5-10(12(15)11(6-9)17(20)21)13(19)16-3-1-8(7-16)2-4-18/h5-6,8,18H,1-4,7H2. The Balaban J connectivity index is 2.26. The van der Waals surface area contributed by atoms with Gasteiger partial charge in [-0.2, -0.15) is 4.39 Å². The second-order valence-corrected chi connectivity index (χ2v) is 4.96. The Morgan fingerprint density at radius 2 is 2.19 bits per heavy atom. The van der Waals surface area contributed by atoms with E-state index in [0.717, 1.165) is 0 Å². The summed E-state index contributed by atoms with van der Waals surface area (Å²) in [6, 6.07) is 1.12. The van der Waals surface area contributed by atoms with E-state index < -0.39 is 33.7 Å². The molecule has 114 valence electrons. The fraction of sp³-hybridized carbons (Fsp3) is 0.462. The lowest BCUT2D eigenvalue weighted by Crippen LogP contribution is -2.29. The molecule has 8 heteroatoms. The lowest BCUT2D eigenvalue weighted by molar-refractivity contribution is -0.387. The maximum Gasteiger partial charge on any atom is 0.308 e. The summed E-state index contributed by atoms with van der Waals surface area (Å²) in [5.74, 6) is -3.02. The Hall–Kier alpha value is -2.09. The van der Waals surface area contributed by atoms with Crippen molar-refractivity contribution in [3.8, 4) is 0 Å². The highest BCUT2D eigenvalue weighted by Gasteiger charge is 2.31. The summed E-state index contributed by atoms with van der Waals surface area (Å²) in [6.07, 6.45) is 1.18. The molecule has 0 bridgehead atoms. The zero-order valence-corrected chi connectivity index (χ0v) is 11.1. The van der Waals surface area contributed by atoms with Gasteiger partial charge < -0.3 is 10.0 Å². The molecule has 1 amide bonds. The second-order valence-electron chi connectivity index (χ2n) is 4.96. The van der Waals surface area contributed by atoms with Crippen molar-refractivity contribution in [2.45, 2.75) is 12.8 Å². The van der Waals surface area contributed by atoms with Crippen LogP contribution in [0, 0.1) is 27.7 Å². The minimum atomic E-state index is -1.32. The van der Waals surface area contributed by atoms with Crippen LogP contribution in [0.1, 0.15) is 23.2 Å². The molecule has 1 aliphatic rings. The van der Waals surface area contributed by atoms with Crippen LogP contribution in [-0.4, -0.2) is 40.5 Å². The smallest absolute Gasteiger partial charge is 0.308 e. The minimum absolute atomic E-state index is 0.00745. The molecule has 1 aliphatic heterocycles. The van der Waals surface area contributed by atoms with Crippen LogP contribution in [0.25, 0.3) is 0 Å². The van der Waals surface area contributed by atoms with Crippen LogP contribution in [0.15, 0.2) is 12.1 Å². The molecule has 6 nitrogen and oxygen atoms in total. The van der Waals surface area contributed by atoms with Crippen LogP contribution in [0.5, 0.6) is 0 Å². The van der Waals surface area contributed by atoms with Crippen molar-refractivity contribution in [2.75, 3.05) is 19.7 Å². The predicted octanol–water partition coefficient (Wildman–Crippen LogP) is 1.72. The second kappa shape index (κ2) is 6.13. The van der Waals surface area contributed by atoms with Crippen molar-refractivity contribution in [3.63, 3.8) is 0 Å². The van der Waals surface area contributed by atoms with Crippen LogP contribution in [0.2, 0.25) is 0 Å². The fourth-order valence-electron chi connectivity index (χ4n) is 2.47. The third-order valence-electron chi connectivity index (χ3n) is 3.56. The molecule has 1 unspecified atom stereocenters. The first kappa shape index (κ1) is 15.3. The van der Waals surface area contributed by atoms with Gasteiger partial charge in [-0.25, -0.2) is 4.39 Å². The lowest BCUT2D eigenvalue weighted by atomic mass is 10.1. The molecule has 0 aromatic heterocycles. The molecule has 1 heterocycles. The number of carbonyl (C=O) groups excluding carboxylic acids is 1. The Kier molecular flexibility index (Phi) is 4.46. The first-order valence-corrected chi connectivity index (χ1v) is 6.47. The van der Waals surface area contributed by atoms with E-state index in [9.17, 15) is 23.7 Å². The number of benzene rings is 1. The molecule has 21 heavy (non-hydrogen) atoms. The summed E-state index contributed by atoms with van der Waals surface area (Å²) in [4.78, 5) is 23.1. The number of likely N-dealkylation sites (tertiary alicyclic amines) is 1. The van der Waals surface area contributed by atoms with Gasteiger partial charge in [0.1, 0.15) is 5.82 Å². The van der Waals surface area contributed by atoms with Crippen molar-refractivity contribution >= 4 is 11.6 Å². The van der Waals surface area contributed by atoms with Crippen LogP contribution in [0.4, 0.5) is 14.5 Å². The minimum Gasteiger partial charge on any atom is -0.396 e. The van der Waals surface area contributed by atoms with Gasteiger partial charge in [0.2, 0.25) is 5.82 Å². The molecule has 0 saturated carbocycles. The van der Waals surface area contributed by atoms with Crippen molar-refractivity contribution < 1.29 is 23.6 Å². The van der Waals surface area contributed by atoms with Crippen LogP contribution < -0.4 is 0 Å². The fourth-order valence-corrected chi connectivity index (χ4v) is 2.47. The molecule has 1 saturated heterocycles. The number of hydrogen-bond acceptors (Lipinski definition) is 4. The Morgan fingerprint density at radius 1 is 1.48 bits per heavy atom. The highest BCUT2D eigenvalue weighted by molar-refractivity contribution is 5.95. The van der Waals surface area contributed by atoms with Gasteiger partial charge in [-0.3, -0.25) is 14.9 Å². The molecule has 1 N–H and O–H groups in total. The molecule has 0 radical (unpaired) electrons.